The minimum Gasteiger partial charge on any atom is -0.381 e. The van der Waals surface area contributed by atoms with Crippen molar-refractivity contribution >= 4 is 0 Å². The summed E-state index contributed by atoms with van der Waals surface area (Å²) < 4.78 is 10.7. The summed E-state index contributed by atoms with van der Waals surface area (Å²) >= 11 is 0. The van der Waals surface area contributed by atoms with E-state index in [1.807, 2.05) is 0 Å². The molecule has 2 heteroatoms. The molecule has 0 aromatic rings. The van der Waals surface area contributed by atoms with Crippen LogP contribution in [0.2, 0.25) is 0 Å². The van der Waals surface area contributed by atoms with Gasteiger partial charge < -0.3 is 9.47 Å². The molecule has 60 valence electrons. The highest BCUT2D eigenvalue weighted by Crippen LogP contribution is 2.27. The van der Waals surface area contributed by atoms with Crippen LogP contribution in [0.15, 0.2) is 0 Å². The average molecular weight is 144 g/mol. The van der Waals surface area contributed by atoms with Crippen LogP contribution < -0.4 is 0 Å². The predicted molar refractivity (Wildman–Crippen MR) is 40.1 cm³/mol. The largest absolute Gasteiger partial charge is 0.381 e. The van der Waals surface area contributed by atoms with Crippen molar-refractivity contribution in [1.29, 1.82) is 0 Å². The molecule has 0 atom stereocenters. The zero-order valence-electron chi connectivity index (χ0n) is 6.85. The lowest BCUT2D eigenvalue weighted by Gasteiger charge is -2.34. The average Bonchev–Trinajstić information content (AvgIpc) is 2.06. The minimum absolute atomic E-state index is 0.137. The van der Waals surface area contributed by atoms with Crippen molar-refractivity contribution in [2.75, 3.05) is 20.3 Å². The number of methoxy groups -OCH3 is 1. The van der Waals surface area contributed by atoms with E-state index < -0.39 is 0 Å². The van der Waals surface area contributed by atoms with Gasteiger partial charge in [-0.3, -0.25) is 0 Å². The van der Waals surface area contributed by atoms with Gasteiger partial charge in [0, 0.05) is 20.3 Å². The van der Waals surface area contributed by atoms with Crippen molar-refractivity contribution in [3.63, 3.8) is 0 Å². The van der Waals surface area contributed by atoms with Crippen molar-refractivity contribution in [3.8, 4) is 0 Å². The van der Waals surface area contributed by atoms with Gasteiger partial charge in [0.1, 0.15) is 0 Å². The van der Waals surface area contributed by atoms with E-state index in [0.29, 0.717) is 0 Å². The van der Waals surface area contributed by atoms with Crippen LogP contribution >= 0.6 is 0 Å². The molecular weight excluding hydrogens is 128 g/mol. The molecule has 0 radical (unpaired) electrons. The van der Waals surface area contributed by atoms with Crippen LogP contribution in [-0.4, -0.2) is 25.9 Å². The Labute approximate surface area is 62.5 Å². The van der Waals surface area contributed by atoms with Crippen LogP contribution in [0.4, 0.5) is 0 Å². The fourth-order valence-corrected chi connectivity index (χ4v) is 1.45. The van der Waals surface area contributed by atoms with Crippen molar-refractivity contribution in [2.45, 2.75) is 31.8 Å². The first kappa shape index (κ1) is 8.02. The molecule has 1 aliphatic rings. The van der Waals surface area contributed by atoms with Gasteiger partial charge in [0.05, 0.1) is 5.60 Å². The lowest BCUT2D eigenvalue weighted by molar-refractivity contribution is -0.0912. The van der Waals surface area contributed by atoms with E-state index in [0.717, 1.165) is 32.5 Å². The molecule has 1 aliphatic heterocycles. The molecule has 10 heavy (non-hydrogen) atoms. The highest BCUT2D eigenvalue weighted by molar-refractivity contribution is 4.81. The highest BCUT2D eigenvalue weighted by Gasteiger charge is 2.29. The molecule has 0 spiro atoms. The monoisotopic (exact) mass is 144 g/mol. The first-order chi connectivity index (χ1) is 4.83. The normalized spacial score (nSPS) is 24.6. The Morgan fingerprint density at radius 2 is 2.00 bits per heavy atom. The number of hydrogen-bond acceptors (Lipinski definition) is 2. The summed E-state index contributed by atoms with van der Waals surface area (Å²) in [6.45, 7) is 3.90. The number of ether oxygens (including phenoxy) is 2. The molecule has 1 fully saturated rings. The van der Waals surface area contributed by atoms with Crippen LogP contribution in [0.5, 0.6) is 0 Å². The standard InChI is InChI=1S/C8H16O2/c1-3-8(9-2)4-6-10-7-5-8/h3-7H2,1-2H3. The Morgan fingerprint density at radius 3 is 2.30 bits per heavy atom. The molecule has 1 rings (SSSR count). The van der Waals surface area contributed by atoms with E-state index in [9.17, 15) is 0 Å². The summed E-state index contributed by atoms with van der Waals surface area (Å²) in [6, 6.07) is 0. The van der Waals surface area contributed by atoms with Gasteiger partial charge in [0.2, 0.25) is 0 Å². The molecule has 0 aromatic carbocycles. The smallest absolute Gasteiger partial charge is 0.0720 e. The third-order valence-corrected chi connectivity index (χ3v) is 2.48. The number of rotatable bonds is 2. The van der Waals surface area contributed by atoms with E-state index in [1.54, 1.807) is 7.11 Å². The fraction of sp³-hybridized carbons (Fsp3) is 1.00. The van der Waals surface area contributed by atoms with E-state index >= 15 is 0 Å². The second-order valence-electron chi connectivity index (χ2n) is 2.85. The van der Waals surface area contributed by atoms with Crippen LogP contribution in [0, 0.1) is 0 Å². The topological polar surface area (TPSA) is 18.5 Å². The zero-order valence-corrected chi connectivity index (χ0v) is 6.85. The lowest BCUT2D eigenvalue weighted by Crippen LogP contribution is -2.37. The quantitative estimate of drug-likeness (QED) is 0.586. The molecular formula is C8H16O2. The number of hydrogen-bond donors (Lipinski definition) is 0. The Balaban J connectivity index is 2.44. The molecule has 2 nitrogen and oxygen atoms in total. The third kappa shape index (κ3) is 1.50. The Morgan fingerprint density at radius 1 is 1.40 bits per heavy atom. The Hall–Kier alpha value is -0.0800. The van der Waals surface area contributed by atoms with Crippen LogP contribution in [0.3, 0.4) is 0 Å². The Bertz CT molecular complexity index is 89.4. The molecule has 0 aromatic heterocycles. The molecule has 0 bridgehead atoms. The van der Waals surface area contributed by atoms with Gasteiger partial charge in [0.25, 0.3) is 0 Å². The molecule has 1 saturated heterocycles. The van der Waals surface area contributed by atoms with Crippen molar-refractivity contribution in [3.05, 3.63) is 0 Å². The molecule has 1 heterocycles. The van der Waals surface area contributed by atoms with E-state index in [-0.39, 0.29) is 5.60 Å². The Kier molecular flexibility index (Phi) is 2.69. The van der Waals surface area contributed by atoms with Crippen molar-refractivity contribution in [2.24, 2.45) is 0 Å². The van der Waals surface area contributed by atoms with E-state index in [4.69, 9.17) is 9.47 Å². The van der Waals surface area contributed by atoms with Crippen LogP contribution in [0.1, 0.15) is 26.2 Å². The highest BCUT2D eigenvalue weighted by atomic mass is 16.5. The second-order valence-corrected chi connectivity index (χ2v) is 2.85. The van der Waals surface area contributed by atoms with Crippen molar-refractivity contribution in [1.82, 2.24) is 0 Å². The molecule has 0 amide bonds. The summed E-state index contributed by atoms with van der Waals surface area (Å²) in [5.41, 5.74) is 0.137. The first-order valence-electron chi connectivity index (χ1n) is 3.96. The van der Waals surface area contributed by atoms with E-state index in [2.05, 4.69) is 6.92 Å². The fourth-order valence-electron chi connectivity index (χ4n) is 1.45. The van der Waals surface area contributed by atoms with Gasteiger partial charge >= 0.3 is 0 Å². The summed E-state index contributed by atoms with van der Waals surface area (Å²) in [5, 5.41) is 0. The summed E-state index contributed by atoms with van der Waals surface area (Å²) in [7, 11) is 1.80. The van der Waals surface area contributed by atoms with Crippen LogP contribution in [-0.2, 0) is 9.47 Å². The van der Waals surface area contributed by atoms with Gasteiger partial charge in [-0.05, 0) is 19.3 Å². The molecule has 0 aliphatic carbocycles. The minimum atomic E-state index is 0.137. The van der Waals surface area contributed by atoms with Crippen molar-refractivity contribution < 1.29 is 9.47 Å². The van der Waals surface area contributed by atoms with E-state index in [1.165, 1.54) is 0 Å². The maximum Gasteiger partial charge on any atom is 0.0720 e. The second kappa shape index (κ2) is 3.35. The summed E-state index contributed by atoms with van der Waals surface area (Å²) in [4.78, 5) is 0. The third-order valence-electron chi connectivity index (χ3n) is 2.48. The molecule has 0 saturated carbocycles. The maximum absolute atomic E-state index is 5.45. The van der Waals surface area contributed by atoms with Gasteiger partial charge in [-0.2, -0.15) is 0 Å². The summed E-state index contributed by atoms with van der Waals surface area (Å²) in [5.74, 6) is 0. The molecule has 0 N–H and O–H groups in total. The van der Waals surface area contributed by atoms with Gasteiger partial charge in [-0.1, -0.05) is 6.92 Å². The molecule has 0 unspecified atom stereocenters. The predicted octanol–water partition coefficient (Wildman–Crippen LogP) is 1.59. The zero-order chi connectivity index (χ0) is 7.45. The van der Waals surface area contributed by atoms with Gasteiger partial charge in [-0.25, -0.2) is 0 Å². The lowest BCUT2D eigenvalue weighted by atomic mass is 9.91. The SMILES string of the molecule is CCC1(OC)CCOCC1. The first-order valence-corrected chi connectivity index (χ1v) is 3.96. The van der Waals surface area contributed by atoms with Gasteiger partial charge in [0.15, 0.2) is 0 Å². The van der Waals surface area contributed by atoms with Gasteiger partial charge in [-0.15, -0.1) is 0 Å². The summed E-state index contributed by atoms with van der Waals surface area (Å²) in [6.07, 6.45) is 3.22. The van der Waals surface area contributed by atoms with Crippen LogP contribution in [0.25, 0.3) is 0 Å². The maximum atomic E-state index is 5.45.